The number of rotatable bonds is 2. The number of nitriles is 1. The van der Waals surface area contributed by atoms with Crippen LogP contribution in [0, 0.1) is 18.3 Å². The zero-order valence-electron chi connectivity index (χ0n) is 9.14. The molecule has 1 aromatic heterocycles. The number of halogens is 1. The molecule has 3 nitrogen and oxygen atoms in total. The van der Waals surface area contributed by atoms with Crippen LogP contribution in [-0.4, -0.2) is 4.98 Å². The van der Waals surface area contributed by atoms with Gasteiger partial charge in [-0.25, -0.2) is 4.98 Å². The van der Waals surface area contributed by atoms with Gasteiger partial charge in [-0.1, -0.05) is 29.8 Å². The highest BCUT2D eigenvalue weighted by molar-refractivity contribution is 6.33. The van der Waals surface area contributed by atoms with E-state index in [9.17, 15) is 0 Å². The zero-order valence-corrected chi connectivity index (χ0v) is 9.90. The lowest BCUT2D eigenvalue weighted by Crippen LogP contribution is -1.92. The number of benzene rings is 1. The minimum Gasteiger partial charge on any atom is -0.437 e. The molecular weight excluding hydrogens is 236 g/mol. The number of hydrogen-bond donors (Lipinski definition) is 0. The monoisotopic (exact) mass is 244 g/mol. The lowest BCUT2D eigenvalue weighted by Gasteiger charge is -2.08. The fraction of sp³-hybridized carbons (Fsp3) is 0.0769. The van der Waals surface area contributed by atoms with Crippen LogP contribution in [0.3, 0.4) is 0 Å². The minimum absolute atomic E-state index is 0.234. The fourth-order valence-corrected chi connectivity index (χ4v) is 1.55. The van der Waals surface area contributed by atoms with Crippen molar-refractivity contribution in [3.05, 3.63) is 52.7 Å². The zero-order chi connectivity index (χ0) is 12.3. The molecule has 0 aliphatic heterocycles. The number of pyridine rings is 1. The summed E-state index contributed by atoms with van der Waals surface area (Å²) in [6, 6.07) is 11.1. The Balaban J connectivity index is 2.38. The molecule has 0 aliphatic carbocycles. The number of hydrogen-bond acceptors (Lipinski definition) is 3. The second-order valence-corrected chi connectivity index (χ2v) is 3.83. The van der Waals surface area contributed by atoms with Gasteiger partial charge in [-0.2, -0.15) is 5.26 Å². The Bertz CT molecular complexity index is 590. The van der Waals surface area contributed by atoms with E-state index >= 15 is 0 Å². The Kier molecular flexibility index (Phi) is 3.27. The van der Waals surface area contributed by atoms with Crippen LogP contribution in [-0.2, 0) is 0 Å². The third-order valence-electron chi connectivity index (χ3n) is 2.28. The van der Waals surface area contributed by atoms with Crippen molar-refractivity contribution in [3.63, 3.8) is 0 Å². The van der Waals surface area contributed by atoms with E-state index in [0.717, 1.165) is 5.56 Å². The standard InChI is InChI=1S/C13H9ClN2O/c1-9-4-2-3-5-11(9)17-13-12(14)10(8-15)6-7-16-13/h2-7H,1H3. The summed E-state index contributed by atoms with van der Waals surface area (Å²) in [4.78, 5) is 4.02. The van der Waals surface area contributed by atoms with Gasteiger partial charge in [0.15, 0.2) is 0 Å². The highest BCUT2D eigenvalue weighted by atomic mass is 35.5. The molecule has 0 amide bonds. The lowest BCUT2D eigenvalue weighted by atomic mass is 10.2. The summed E-state index contributed by atoms with van der Waals surface area (Å²) in [6.07, 6.45) is 1.50. The van der Waals surface area contributed by atoms with Crippen molar-refractivity contribution >= 4 is 11.6 Å². The molecular formula is C13H9ClN2O. The average molecular weight is 245 g/mol. The largest absolute Gasteiger partial charge is 0.437 e. The Morgan fingerprint density at radius 1 is 1.29 bits per heavy atom. The molecule has 2 aromatic rings. The smallest absolute Gasteiger partial charge is 0.239 e. The SMILES string of the molecule is Cc1ccccc1Oc1nccc(C#N)c1Cl. The molecule has 84 valence electrons. The molecule has 2 rings (SSSR count). The molecule has 4 heteroatoms. The summed E-state index contributed by atoms with van der Waals surface area (Å²) in [5, 5.41) is 9.08. The van der Waals surface area contributed by atoms with Crippen molar-refractivity contribution in [2.75, 3.05) is 0 Å². The molecule has 0 N–H and O–H groups in total. The molecule has 0 atom stereocenters. The first kappa shape index (κ1) is 11.4. The normalized spacial score (nSPS) is 9.71. The van der Waals surface area contributed by atoms with Gasteiger partial charge in [-0.15, -0.1) is 0 Å². The molecule has 0 fully saturated rings. The summed E-state index contributed by atoms with van der Waals surface area (Å²) < 4.78 is 5.59. The van der Waals surface area contributed by atoms with E-state index in [-0.39, 0.29) is 10.9 Å². The van der Waals surface area contributed by atoms with Crippen LogP contribution in [0.1, 0.15) is 11.1 Å². The molecule has 17 heavy (non-hydrogen) atoms. The van der Waals surface area contributed by atoms with E-state index < -0.39 is 0 Å². The van der Waals surface area contributed by atoms with Crippen LogP contribution in [0.25, 0.3) is 0 Å². The van der Waals surface area contributed by atoms with Gasteiger partial charge in [-0.3, -0.25) is 0 Å². The Morgan fingerprint density at radius 3 is 2.76 bits per heavy atom. The quantitative estimate of drug-likeness (QED) is 0.809. The molecule has 0 bridgehead atoms. The van der Waals surface area contributed by atoms with Crippen molar-refractivity contribution < 1.29 is 4.74 Å². The molecule has 0 saturated carbocycles. The van der Waals surface area contributed by atoms with E-state index in [2.05, 4.69) is 4.98 Å². The predicted molar refractivity (Wildman–Crippen MR) is 65.2 cm³/mol. The number of nitrogens with zero attached hydrogens (tertiary/aromatic N) is 2. The second-order valence-electron chi connectivity index (χ2n) is 3.46. The van der Waals surface area contributed by atoms with Gasteiger partial charge < -0.3 is 4.74 Å². The number of para-hydroxylation sites is 1. The molecule has 0 saturated heterocycles. The van der Waals surface area contributed by atoms with Crippen molar-refractivity contribution in [1.82, 2.24) is 4.98 Å². The molecule has 0 radical (unpaired) electrons. The molecule has 1 aromatic carbocycles. The van der Waals surface area contributed by atoms with Crippen LogP contribution in [0.2, 0.25) is 5.02 Å². The summed E-state index contributed by atoms with van der Waals surface area (Å²) in [5.41, 5.74) is 1.33. The average Bonchev–Trinajstić information content (AvgIpc) is 2.34. The first-order valence-electron chi connectivity index (χ1n) is 5.00. The van der Waals surface area contributed by atoms with Crippen LogP contribution < -0.4 is 4.74 Å². The number of ether oxygens (including phenoxy) is 1. The molecule has 0 spiro atoms. The summed E-state index contributed by atoms with van der Waals surface area (Å²) in [5.74, 6) is 0.928. The Hall–Kier alpha value is -2.05. The van der Waals surface area contributed by atoms with Crippen LogP contribution in [0.4, 0.5) is 0 Å². The van der Waals surface area contributed by atoms with Gasteiger partial charge in [0, 0.05) is 6.20 Å². The maximum atomic E-state index is 8.85. The van der Waals surface area contributed by atoms with Gasteiger partial charge in [-0.05, 0) is 24.6 Å². The molecule has 0 aliphatic rings. The van der Waals surface area contributed by atoms with Crippen molar-refractivity contribution in [3.8, 4) is 17.7 Å². The highest BCUT2D eigenvalue weighted by Gasteiger charge is 2.10. The van der Waals surface area contributed by atoms with Crippen molar-refractivity contribution in [2.45, 2.75) is 6.92 Å². The summed E-state index contributed by atoms with van der Waals surface area (Å²) in [6.45, 7) is 1.93. The van der Waals surface area contributed by atoms with Crippen LogP contribution in [0.15, 0.2) is 36.5 Å². The van der Waals surface area contributed by atoms with E-state index in [1.165, 1.54) is 6.20 Å². The summed E-state index contributed by atoms with van der Waals surface area (Å²) >= 11 is 6.00. The van der Waals surface area contributed by atoms with Gasteiger partial charge in [0.2, 0.25) is 5.88 Å². The number of aryl methyl sites for hydroxylation is 1. The topological polar surface area (TPSA) is 45.9 Å². The van der Waals surface area contributed by atoms with Gasteiger partial charge >= 0.3 is 0 Å². The highest BCUT2D eigenvalue weighted by Crippen LogP contribution is 2.30. The Labute approximate surface area is 104 Å². The number of aromatic nitrogens is 1. The van der Waals surface area contributed by atoms with E-state index in [0.29, 0.717) is 11.3 Å². The van der Waals surface area contributed by atoms with Crippen LogP contribution >= 0.6 is 11.6 Å². The van der Waals surface area contributed by atoms with Crippen LogP contribution in [0.5, 0.6) is 11.6 Å². The fourth-order valence-electron chi connectivity index (χ4n) is 1.36. The predicted octanol–water partition coefficient (Wildman–Crippen LogP) is 3.71. The third-order valence-corrected chi connectivity index (χ3v) is 2.64. The first-order valence-corrected chi connectivity index (χ1v) is 5.38. The van der Waals surface area contributed by atoms with Crippen molar-refractivity contribution in [1.29, 1.82) is 5.26 Å². The van der Waals surface area contributed by atoms with Gasteiger partial charge in [0.1, 0.15) is 16.8 Å². The van der Waals surface area contributed by atoms with Gasteiger partial charge in [0.25, 0.3) is 0 Å². The Morgan fingerprint density at radius 2 is 2.06 bits per heavy atom. The maximum absolute atomic E-state index is 8.85. The molecule has 1 heterocycles. The second kappa shape index (κ2) is 4.86. The third kappa shape index (κ3) is 2.38. The lowest BCUT2D eigenvalue weighted by molar-refractivity contribution is 0.459. The first-order chi connectivity index (χ1) is 8.22. The van der Waals surface area contributed by atoms with E-state index in [1.54, 1.807) is 6.07 Å². The minimum atomic E-state index is 0.234. The summed E-state index contributed by atoms with van der Waals surface area (Å²) in [7, 11) is 0. The maximum Gasteiger partial charge on any atom is 0.239 e. The van der Waals surface area contributed by atoms with Gasteiger partial charge in [0.05, 0.1) is 5.56 Å². The van der Waals surface area contributed by atoms with E-state index in [4.69, 9.17) is 21.6 Å². The van der Waals surface area contributed by atoms with Crippen molar-refractivity contribution in [2.24, 2.45) is 0 Å². The van der Waals surface area contributed by atoms with E-state index in [1.807, 2.05) is 37.3 Å². The molecule has 0 unspecified atom stereocenters.